The maximum atomic E-state index is 12.5. The van der Waals surface area contributed by atoms with Crippen LogP contribution in [0.3, 0.4) is 0 Å². The largest absolute Gasteiger partial charge is 0.419 e. The topological polar surface area (TPSA) is 21.1 Å². The third-order valence-corrected chi connectivity index (χ3v) is 3.50. The molecule has 1 saturated heterocycles. The van der Waals surface area contributed by atoms with Crippen LogP contribution in [0, 0.1) is 0 Å². The van der Waals surface area contributed by atoms with E-state index in [1.165, 1.54) is 17.5 Å². The molecule has 0 atom stereocenters. The number of alkyl halides is 3. The molecule has 1 aromatic heterocycles. The number of hydrogen-bond donors (Lipinski definition) is 0. The van der Waals surface area contributed by atoms with Crippen molar-refractivity contribution in [2.45, 2.75) is 19.0 Å². The zero-order valence-electron chi connectivity index (χ0n) is 10.8. The van der Waals surface area contributed by atoms with Crippen LogP contribution in [-0.4, -0.2) is 22.9 Å². The van der Waals surface area contributed by atoms with Gasteiger partial charge in [0, 0.05) is 25.0 Å². The van der Waals surface area contributed by atoms with E-state index < -0.39 is 11.7 Å². The number of rotatable bonds is 2. The van der Waals surface area contributed by atoms with E-state index in [9.17, 15) is 13.2 Å². The second kappa shape index (κ2) is 4.85. The molecule has 6 heteroatoms. The highest BCUT2D eigenvalue weighted by molar-refractivity contribution is 5.51. The average molecular weight is 281 g/mol. The van der Waals surface area contributed by atoms with E-state index in [0.717, 1.165) is 31.2 Å². The molecule has 1 aromatic carbocycles. The highest BCUT2D eigenvalue weighted by Gasteiger charge is 2.32. The SMILES string of the molecule is FC(F)(F)c1cnn(-c2ccc(N3CCCC3)cc2)c1. The fraction of sp³-hybridized carbons (Fsp3) is 0.357. The van der Waals surface area contributed by atoms with Crippen molar-refractivity contribution in [3.63, 3.8) is 0 Å². The van der Waals surface area contributed by atoms with Gasteiger partial charge in [0.1, 0.15) is 0 Å². The summed E-state index contributed by atoms with van der Waals surface area (Å²) in [5.74, 6) is 0. The third-order valence-electron chi connectivity index (χ3n) is 3.50. The molecule has 0 N–H and O–H groups in total. The number of benzene rings is 1. The van der Waals surface area contributed by atoms with Crippen LogP contribution in [0.4, 0.5) is 18.9 Å². The smallest absolute Gasteiger partial charge is 0.372 e. The Morgan fingerprint density at radius 3 is 2.10 bits per heavy atom. The Kier molecular flexibility index (Phi) is 3.16. The van der Waals surface area contributed by atoms with E-state index in [0.29, 0.717) is 5.69 Å². The van der Waals surface area contributed by atoms with Crippen molar-refractivity contribution >= 4 is 5.69 Å². The Bertz CT molecular complexity index is 580. The molecule has 1 fully saturated rings. The minimum Gasteiger partial charge on any atom is -0.372 e. The molecule has 0 radical (unpaired) electrons. The second-order valence-electron chi connectivity index (χ2n) is 4.88. The van der Waals surface area contributed by atoms with Crippen molar-refractivity contribution in [1.82, 2.24) is 9.78 Å². The van der Waals surface area contributed by atoms with Gasteiger partial charge in [-0.1, -0.05) is 0 Å². The molecule has 20 heavy (non-hydrogen) atoms. The van der Waals surface area contributed by atoms with Crippen LogP contribution in [-0.2, 0) is 6.18 Å². The predicted molar refractivity (Wildman–Crippen MR) is 70.0 cm³/mol. The molecule has 0 bridgehead atoms. The number of nitrogens with zero attached hydrogens (tertiary/aromatic N) is 3. The lowest BCUT2D eigenvalue weighted by Crippen LogP contribution is -2.17. The number of halogens is 3. The van der Waals surface area contributed by atoms with Crippen molar-refractivity contribution < 1.29 is 13.2 Å². The molecule has 3 nitrogen and oxygen atoms in total. The van der Waals surface area contributed by atoms with Gasteiger partial charge in [0.05, 0.1) is 17.4 Å². The van der Waals surface area contributed by atoms with Crippen LogP contribution in [0.5, 0.6) is 0 Å². The van der Waals surface area contributed by atoms with Gasteiger partial charge in [-0.2, -0.15) is 18.3 Å². The van der Waals surface area contributed by atoms with Crippen molar-refractivity contribution in [1.29, 1.82) is 0 Å². The summed E-state index contributed by atoms with van der Waals surface area (Å²) < 4.78 is 38.8. The molecule has 2 heterocycles. The first kappa shape index (κ1) is 13.0. The molecule has 2 aromatic rings. The van der Waals surface area contributed by atoms with Gasteiger partial charge in [0.15, 0.2) is 0 Å². The first-order valence-electron chi connectivity index (χ1n) is 6.51. The average Bonchev–Trinajstić information content (AvgIpc) is 3.10. The van der Waals surface area contributed by atoms with Gasteiger partial charge >= 0.3 is 6.18 Å². The maximum Gasteiger partial charge on any atom is 0.419 e. The maximum absolute atomic E-state index is 12.5. The Labute approximate surface area is 114 Å². The molecule has 106 valence electrons. The van der Waals surface area contributed by atoms with Gasteiger partial charge in [-0.25, -0.2) is 4.68 Å². The summed E-state index contributed by atoms with van der Waals surface area (Å²) in [5.41, 5.74) is 0.999. The third kappa shape index (κ3) is 2.50. The summed E-state index contributed by atoms with van der Waals surface area (Å²) in [6.07, 6.45) is -0.126. The van der Waals surface area contributed by atoms with Gasteiger partial charge in [-0.3, -0.25) is 0 Å². The van der Waals surface area contributed by atoms with E-state index in [2.05, 4.69) is 10.00 Å². The standard InChI is InChI=1S/C14H14F3N3/c15-14(16,17)11-9-18-20(10-11)13-5-3-12(4-6-13)19-7-1-2-8-19/h3-6,9-10H,1-2,7-8H2. The molecular formula is C14H14F3N3. The molecule has 0 saturated carbocycles. The fourth-order valence-electron chi connectivity index (χ4n) is 2.40. The molecular weight excluding hydrogens is 267 g/mol. The molecule has 0 spiro atoms. The summed E-state index contributed by atoms with van der Waals surface area (Å²) in [6, 6.07) is 7.44. The van der Waals surface area contributed by atoms with Crippen molar-refractivity contribution in [3.05, 3.63) is 42.2 Å². The summed E-state index contributed by atoms with van der Waals surface area (Å²) in [7, 11) is 0. The minimum atomic E-state index is -4.35. The fourth-order valence-corrected chi connectivity index (χ4v) is 2.40. The summed E-state index contributed by atoms with van der Waals surface area (Å²) in [5, 5.41) is 3.76. The van der Waals surface area contributed by atoms with Crippen LogP contribution in [0.15, 0.2) is 36.7 Å². The van der Waals surface area contributed by atoms with Gasteiger partial charge in [-0.05, 0) is 37.1 Å². The zero-order chi connectivity index (χ0) is 14.2. The van der Waals surface area contributed by atoms with Gasteiger partial charge in [-0.15, -0.1) is 0 Å². The lowest BCUT2D eigenvalue weighted by molar-refractivity contribution is -0.137. The zero-order valence-corrected chi connectivity index (χ0v) is 10.8. The number of aromatic nitrogens is 2. The van der Waals surface area contributed by atoms with E-state index in [-0.39, 0.29) is 0 Å². The van der Waals surface area contributed by atoms with Crippen molar-refractivity contribution in [2.75, 3.05) is 18.0 Å². The van der Waals surface area contributed by atoms with E-state index in [1.54, 1.807) is 12.1 Å². The van der Waals surface area contributed by atoms with Crippen LogP contribution in [0.1, 0.15) is 18.4 Å². The molecule has 0 aliphatic carbocycles. The molecule has 1 aliphatic heterocycles. The monoisotopic (exact) mass is 281 g/mol. The van der Waals surface area contributed by atoms with Gasteiger partial charge in [0.2, 0.25) is 0 Å². The first-order chi connectivity index (χ1) is 9.54. The van der Waals surface area contributed by atoms with Crippen molar-refractivity contribution in [2.24, 2.45) is 0 Å². The van der Waals surface area contributed by atoms with Crippen LogP contribution >= 0.6 is 0 Å². The summed E-state index contributed by atoms with van der Waals surface area (Å²) in [4.78, 5) is 2.27. The van der Waals surface area contributed by atoms with Crippen molar-refractivity contribution in [3.8, 4) is 5.69 Å². The van der Waals surface area contributed by atoms with Crippen LogP contribution < -0.4 is 4.90 Å². The Morgan fingerprint density at radius 2 is 1.55 bits per heavy atom. The first-order valence-corrected chi connectivity index (χ1v) is 6.51. The van der Waals surface area contributed by atoms with E-state index in [4.69, 9.17) is 0 Å². The normalized spacial score (nSPS) is 15.8. The highest BCUT2D eigenvalue weighted by Crippen LogP contribution is 2.29. The molecule has 3 rings (SSSR count). The predicted octanol–water partition coefficient (Wildman–Crippen LogP) is 3.49. The minimum absolute atomic E-state index is 0.628. The lowest BCUT2D eigenvalue weighted by Gasteiger charge is -2.17. The Morgan fingerprint density at radius 1 is 0.950 bits per heavy atom. The van der Waals surface area contributed by atoms with Gasteiger partial charge in [0.25, 0.3) is 0 Å². The van der Waals surface area contributed by atoms with Crippen LogP contribution in [0.25, 0.3) is 5.69 Å². The lowest BCUT2D eigenvalue weighted by atomic mass is 10.2. The van der Waals surface area contributed by atoms with Gasteiger partial charge < -0.3 is 4.90 Å². The quantitative estimate of drug-likeness (QED) is 0.840. The highest BCUT2D eigenvalue weighted by atomic mass is 19.4. The second-order valence-corrected chi connectivity index (χ2v) is 4.88. The number of anilines is 1. The number of hydrogen-bond acceptors (Lipinski definition) is 2. The van der Waals surface area contributed by atoms with Crippen LogP contribution in [0.2, 0.25) is 0 Å². The molecule has 0 amide bonds. The summed E-state index contributed by atoms with van der Waals surface area (Å²) in [6.45, 7) is 2.08. The Hall–Kier alpha value is -1.98. The van der Waals surface area contributed by atoms with E-state index >= 15 is 0 Å². The Balaban J connectivity index is 1.82. The molecule has 1 aliphatic rings. The summed E-state index contributed by atoms with van der Waals surface area (Å²) >= 11 is 0. The van der Waals surface area contributed by atoms with E-state index in [1.807, 2.05) is 12.1 Å². The molecule has 0 unspecified atom stereocenters.